The summed E-state index contributed by atoms with van der Waals surface area (Å²) in [6.45, 7) is 10.9. The van der Waals surface area contributed by atoms with Gasteiger partial charge in [-0.2, -0.15) is 0 Å². The second-order valence-corrected chi connectivity index (χ2v) is 20.8. The van der Waals surface area contributed by atoms with Gasteiger partial charge in [-0.1, -0.05) is 40.7 Å². The van der Waals surface area contributed by atoms with Crippen molar-refractivity contribution in [1.29, 1.82) is 0 Å². The Morgan fingerprint density at radius 2 is 1.38 bits per heavy atom. The van der Waals surface area contributed by atoms with E-state index >= 15 is 4.39 Å². The number of H-pyrrole nitrogens is 2. The van der Waals surface area contributed by atoms with Gasteiger partial charge in [0, 0.05) is 39.9 Å². The van der Waals surface area contributed by atoms with Gasteiger partial charge < -0.3 is 44.6 Å². The summed E-state index contributed by atoms with van der Waals surface area (Å²) in [6, 6.07) is 13.7. The standard InChI is InChI=1S/C51H58FN9O7S/c1-26(2)42(57-49(64)66-6)46(62)59-18-8-10-35(59)44-53-24-32(55-44)28-12-13-34-30(20-28)22-37-41-31(52)21-29(23-38(41)68-48(61(34)37)39-14-15-40(69-39)51(5)16-17-51)33-25-54-45(56-33)36-11-9-19-60(36)47(63)43(27(3)4)58-50(65)67-7/h12-15,20-27,35-36,42-43,48H,8-11,16-19H2,1-7H3,(H,53,55)(H,54,56)(H,57,64)(H,58,65). The summed E-state index contributed by atoms with van der Waals surface area (Å²) in [4.78, 5) is 74.2. The number of hydrogen-bond donors (Lipinski definition) is 4. The summed E-state index contributed by atoms with van der Waals surface area (Å²) in [6.07, 6.45) is 6.78. The minimum Gasteiger partial charge on any atom is -0.464 e. The van der Waals surface area contributed by atoms with Crippen molar-refractivity contribution in [2.75, 3.05) is 27.3 Å². The highest BCUT2D eigenvalue weighted by Crippen LogP contribution is 2.53. The number of thiophene rings is 1. The molecule has 7 heterocycles. The number of carbonyl (C=O) groups excluding carboxylic acids is 4. The smallest absolute Gasteiger partial charge is 0.407 e. The molecule has 4 aromatic heterocycles. The number of hydrogen-bond acceptors (Lipinski definition) is 10. The Morgan fingerprint density at radius 3 is 1.93 bits per heavy atom. The average Bonchev–Trinajstić information content (AvgIpc) is 4.12. The van der Waals surface area contributed by atoms with Crippen molar-refractivity contribution >= 4 is 46.2 Å². The van der Waals surface area contributed by atoms with E-state index < -0.39 is 36.3 Å². The van der Waals surface area contributed by atoms with Crippen LogP contribution >= 0.6 is 11.3 Å². The van der Waals surface area contributed by atoms with Gasteiger partial charge in [-0.3, -0.25) is 14.2 Å². The molecule has 4 N–H and O–H groups in total. The van der Waals surface area contributed by atoms with Crippen molar-refractivity contribution in [2.24, 2.45) is 11.8 Å². The number of rotatable bonds is 12. The molecule has 4 aliphatic rings. The largest absolute Gasteiger partial charge is 0.464 e. The van der Waals surface area contributed by atoms with Crippen LogP contribution in [0.5, 0.6) is 5.75 Å². The Bertz CT molecular complexity index is 2970. The van der Waals surface area contributed by atoms with Crippen molar-refractivity contribution in [3.63, 3.8) is 0 Å². The summed E-state index contributed by atoms with van der Waals surface area (Å²) in [5.74, 6) is 0.468. The lowest BCUT2D eigenvalue weighted by molar-refractivity contribution is -0.136. The van der Waals surface area contributed by atoms with Gasteiger partial charge in [-0.25, -0.2) is 23.9 Å². The minimum atomic E-state index is -0.770. The zero-order valence-electron chi connectivity index (χ0n) is 39.9. The topological polar surface area (TPSA) is 189 Å². The fourth-order valence-electron chi connectivity index (χ4n) is 10.2. The lowest BCUT2D eigenvalue weighted by Crippen LogP contribution is -2.51. The number of nitrogens with zero attached hydrogens (tertiary/aromatic N) is 5. The molecule has 3 aliphatic heterocycles. The Hall–Kier alpha value is -6.69. The summed E-state index contributed by atoms with van der Waals surface area (Å²) in [7, 11) is 2.55. The highest BCUT2D eigenvalue weighted by atomic mass is 32.1. The fourth-order valence-corrected chi connectivity index (χ4v) is 11.5. The Balaban J connectivity index is 0.971. The van der Waals surface area contributed by atoms with E-state index in [9.17, 15) is 19.2 Å². The molecule has 1 aliphatic carbocycles. The number of fused-ring (bicyclic) bond motifs is 5. The molecule has 2 aromatic carbocycles. The molecule has 6 aromatic rings. The fraction of sp³-hybridized carbons (Fsp3) is 0.451. The highest BCUT2D eigenvalue weighted by molar-refractivity contribution is 7.12. The zero-order valence-corrected chi connectivity index (χ0v) is 40.7. The molecule has 3 fully saturated rings. The van der Waals surface area contributed by atoms with Crippen LogP contribution in [0, 0.1) is 17.7 Å². The molecular formula is C51H58FN9O7S. The van der Waals surface area contributed by atoms with Crippen LogP contribution in [0.1, 0.15) is 113 Å². The van der Waals surface area contributed by atoms with Gasteiger partial charge in [0.05, 0.1) is 71.7 Å². The second-order valence-electron chi connectivity index (χ2n) is 19.7. The predicted octanol–water partition coefficient (Wildman–Crippen LogP) is 9.37. The lowest BCUT2D eigenvalue weighted by atomic mass is 10.0. The van der Waals surface area contributed by atoms with Gasteiger partial charge >= 0.3 is 12.2 Å². The summed E-state index contributed by atoms with van der Waals surface area (Å²) in [5, 5.41) is 6.29. The maximum atomic E-state index is 17.0. The molecule has 0 bridgehead atoms. The van der Waals surface area contributed by atoms with Crippen molar-refractivity contribution in [3.8, 4) is 39.5 Å². The van der Waals surface area contributed by atoms with Gasteiger partial charge in [0.15, 0.2) is 0 Å². The number of alkyl carbamates (subject to hydrolysis) is 2. The number of nitrogens with one attached hydrogen (secondary N) is 4. The molecule has 5 unspecified atom stereocenters. The molecule has 18 heteroatoms. The summed E-state index contributed by atoms with van der Waals surface area (Å²) >= 11 is 1.73. The maximum Gasteiger partial charge on any atom is 0.407 e. The van der Waals surface area contributed by atoms with Crippen LogP contribution in [0.25, 0.3) is 44.7 Å². The Kier molecular flexibility index (Phi) is 12.0. The highest BCUT2D eigenvalue weighted by Gasteiger charge is 2.43. The van der Waals surface area contributed by atoms with Crippen molar-refractivity contribution in [3.05, 3.63) is 88.1 Å². The molecule has 5 atom stereocenters. The third kappa shape index (κ3) is 8.39. The first-order valence-electron chi connectivity index (χ1n) is 23.8. The number of aromatic nitrogens is 5. The first-order valence-corrected chi connectivity index (χ1v) is 24.6. The van der Waals surface area contributed by atoms with E-state index in [1.807, 2.05) is 52.0 Å². The van der Waals surface area contributed by atoms with Crippen LogP contribution in [0.4, 0.5) is 14.0 Å². The van der Waals surface area contributed by atoms with Gasteiger partial charge in [-0.05, 0) is 92.8 Å². The number of carbonyl (C=O) groups is 4. The number of methoxy groups -OCH3 is 2. The number of benzene rings is 2. The summed E-state index contributed by atoms with van der Waals surface area (Å²) < 4.78 is 35.6. The Labute approximate surface area is 403 Å². The van der Waals surface area contributed by atoms with Gasteiger partial charge in [-0.15, -0.1) is 11.3 Å². The molecule has 10 rings (SSSR count). The molecular weight excluding hydrogens is 902 g/mol. The van der Waals surface area contributed by atoms with Crippen LogP contribution in [-0.2, 0) is 24.5 Å². The number of imidazole rings is 2. The number of likely N-dealkylation sites (tertiary alicyclic amines) is 2. The summed E-state index contributed by atoms with van der Waals surface area (Å²) in [5.41, 5.74) is 4.83. The molecule has 0 spiro atoms. The van der Waals surface area contributed by atoms with Gasteiger partial charge in [0.2, 0.25) is 18.0 Å². The van der Waals surface area contributed by atoms with Crippen LogP contribution in [-0.4, -0.2) is 97.7 Å². The molecule has 69 heavy (non-hydrogen) atoms. The molecule has 2 saturated heterocycles. The van der Waals surface area contributed by atoms with E-state index in [0.29, 0.717) is 59.4 Å². The van der Waals surface area contributed by atoms with E-state index in [1.165, 1.54) is 25.2 Å². The van der Waals surface area contributed by atoms with E-state index in [0.717, 1.165) is 59.1 Å². The van der Waals surface area contributed by atoms with E-state index in [2.05, 4.69) is 50.3 Å². The normalized spacial score (nSPS) is 20.1. The van der Waals surface area contributed by atoms with Gasteiger partial charge in [0.25, 0.3) is 0 Å². The lowest BCUT2D eigenvalue weighted by Gasteiger charge is -2.30. The Morgan fingerprint density at radius 1 is 0.797 bits per heavy atom. The molecule has 16 nitrogen and oxygen atoms in total. The van der Waals surface area contributed by atoms with E-state index in [1.54, 1.807) is 33.5 Å². The second kappa shape index (κ2) is 18.0. The molecule has 0 radical (unpaired) electrons. The van der Waals surface area contributed by atoms with Gasteiger partial charge in [0.1, 0.15) is 35.3 Å². The molecule has 362 valence electrons. The van der Waals surface area contributed by atoms with Crippen molar-refractivity contribution in [2.45, 2.75) is 109 Å². The van der Waals surface area contributed by atoms with E-state index in [4.69, 9.17) is 24.2 Å². The number of halogens is 1. The molecule has 1 saturated carbocycles. The van der Waals surface area contributed by atoms with E-state index in [-0.39, 0.29) is 41.1 Å². The third-order valence-corrected chi connectivity index (χ3v) is 15.8. The quantitative estimate of drug-likeness (QED) is 0.0927. The van der Waals surface area contributed by atoms with Crippen LogP contribution in [0.3, 0.4) is 0 Å². The number of ether oxygens (including phenoxy) is 3. The number of aromatic amines is 2. The SMILES string of the molecule is COC(=O)NC(C(=O)N1CCCC1c1ncc(-c2cc(F)c3c(c2)OC(c2ccc(C4(C)CC4)s2)n2c-3cc3cc(-c4cnc(C5CCCN5C(=O)C(NC(=O)OC)C(C)C)[nH]4)ccc32)[nH]1)C(C)C. The van der Waals surface area contributed by atoms with Crippen LogP contribution < -0.4 is 15.4 Å². The molecule has 4 amide bonds. The number of amides is 4. The third-order valence-electron chi connectivity index (χ3n) is 14.4. The van der Waals surface area contributed by atoms with Crippen LogP contribution in [0.2, 0.25) is 0 Å². The van der Waals surface area contributed by atoms with Crippen molar-refractivity contribution in [1.82, 2.24) is 44.9 Å². The zero-order chi connectivity index (χ0) is 48.5. The first-order chi connectivity index (χ1) is 33.2. The van der Waals surface area contributed by atoms with Crippen molar-refractivity contribution < 1.29 is 37.8 Å². The monoisotopic (exact) mass is 959 g/mol. The minimum absolute atomic E-state index is 0.151. The maximum absolute atomic E-state index is 17.0. The average molecular weight is 960 g/mol. The predicted molar refractivity (Wildman–Crippen MR) is 258 cm³/mol. The van der Waals surface area contributed by atoms with Crippen LogP contribution in [0.15, 0.2) is 60.9 Å². The first kappa shape index (κ1) is 46.1.